The van der Waals surface area contributed by atoms with Crippen LogP contribution < -0.4 is 4.74 Å². The normalized spacial score (nSPS) is 10.5. The Bertz CT molecular complexity index is 457. The summed E-state index contributed by atoms with van der Waals surface area (Å²) in [6.07, 6.45) is 0.698. The minimum absolute atomic E-state index is 0.0968. The summed E-state index contributed by atoms with van der Waals surface area (Å²) >= 11 is 11.8. The maximum atomic E-state index is 12.1. The average Bonchev–Trinajstić information content (AvgIpc) is 2.45. The number of benzene rings is 1. The summed E-state index contributed by atoms with van der Waals surface area (Å²) < 4.78 is 10.3. The molecule has 0 saturated carbocycles. The van der Waals surface area contributed by atoms with Crippen molar-refractivity contribution in [2.45, 2.75) is 6.42 Å². The molecule has 0 saturated heterocycles. The van der Waals surface area contributed by atoms with E-state index < -0.39 is 0 Å². The third-order valence-corrected chi connectivity index (χ3v) is 3.27. The molecule has 0 fully saturated rings. The van der Waals surface area contributed by atoms with Crippen LogP contribution in [0, 0.1) is 0 Å². The highest BCUT2D eigenvalue weighted by Crippen LogP contribution is 2.27. The monoisotopic (exact) mass is 335 g/mol. The molecule has 0 radical (unpaired) electrons. The third-order valence-electron chi connectivity index (χ3n) is 2.74. The molecular formula is C14H19Cl2NO4. The van der Waals surface area contributed by atoms with E-state index in [0.717, 1.165) is 0 Å². The first-order valence-corrected chi connectivity index (χ1v) is 7.29. The van der Waals surface area contributed by atoms with Crippen LogP contribution in [0.15, 0.2) is 18.2 Å². The van der Waals surface area contributed by atoms with E-state index in [1.54, 1.807) is 25.3 Å². The van der Waals surface area contributed by atoms with Crippen molar-refractivity contribution in [3.63, 3.8) is 0 Å². The van der Waals surface area contributed by atoms with Gasteiger partial charge in [0.15, 0.2) is 6.61 Å². The van der Waals surface area contributed by atoms with E-state index in [1.807, 2.05) is 0 Å². The molecular weight excluding hydrogens is 317 g/mol. The van der Waals surface area contributed by atoms with E-state index in [4.69, 9.17) is 37.8 Å². The number of carbonyl (C=O) groups excluding carboxylic acids is 1. The zero-order valence-electron chi connectivity index (χ0n) is 11.8. The molecule has 1 aromatic carbocycles. The third kappa shape index (κ3) is 6.52. The van der Waals surface area contributed by atoms with Gasteiger partial charge in [0.05, 0.1) is 11.6 Å². The molecule has 0 atom stereocenters. The average molecular weight is 336 g/mol. The number of amides is 1. The molecule has 0 aliphatic carbocycles. The van der Waals surface area contributed by atoms with E-state index in [0.29, 0.717) is 35.4 Å². The maximum Gasteiger partial charge on any atom is 0.260 e. The van der Waals surface area contributed by atoms with Gasteiger partial charge in [-0.25, -0.2) is 0 Å². The fourth-order valence-corrected chi connectivity index (χ4v) is 2.17. The minimum atomic E-state index is -0.217. The molecule has 1 aromatic rings. The topological polar surface area (TPSA) is 59.0 Å². The number of nitrogens with zero attached hydrogens (tertiary/aromatic N) is 1. The van der Waals surface area contributed by atoms with E-state index in [-0.39, 0.29) is 25.7 Å². The van der Waals surface area contributed by atoms with Gasteiger partial charge in [-0.2, -0.15) is 0 Å². The minimum Gasteiger partial charge on any atom is -0.482 e. The molecule has 21 heavy (non-hydrogen) atoms. The summed E-state index contributed by atoms with van der Waals surface area (Å²) in [5.41, 5.74) is 0. The lowest BCUT2D eigenvalue weighted by atomic mass is 10.3. The Kier molecular flexibility index (Phi) is 8.45. The summed E-state index contributed by atoms with van der Waals surface area (Å²) in [4.78, 5) is 13.6. The lowest BCUT2D eigenvalue weighted by molar-refractivity contribution is -0.134. The summed E-state index contributed by atoms with van der Waals surface area (Å²) in [6, 6.07) is 4.80. The Morgan fingerprint density at radius 1 is 1.33 bits per heavy atom. The van der Waals surface area contributed by atoms with Crippen LogP contribution in [0.3, 0.4) is 0 Å². The van der Waals surface area contributed by atoms with Gasteiger partial charge in [0, 0.05) is 31.8 Å². The van der Waals surface area contributed by atoms with E-state index in [1.165, 1.54) is 4.90 Å². The Balaban J connectivity index is 2.52. The lowest BCUT2D eigenvalue weighted by Crippen LogP contribution is -2.38. The molecule has 1 amide bonds. The van der Waals surface area contributed by atoms with Crippen molar-refractivity contribution in [2.75, 3.05) is 40.0 Å². The first-order chi connectivity index (χ1) is 10.1. The van der Waals surface area contributed by atoms with Gasteiger partial charge >= 0.3 is 0 Å². The van der Waals surface area contributed by atoms with Crippen LogP contribution in [-0.2, 0) is 9.53 Å². The largest absolute Gasteiger partial charge is 0.482 e. The van der Waals surface area contributed by atoms with Gasteiger partial charge in [0.1, 0.15) is 5.75 Å². The standard InChI is InChI=1S/C14H19Cl2NO4/c1-20-8-2-5-17(6-7-18)14(19)10-21-13-4-3-11(15)9-12(13)16/h3-4,9,18H,2,5-8,10H2,1H3. The van der Waals surface area contributed by atoms with Gasteiger partial charge in [-0.1, -0.05) is 23.2 Å². The van der Waals surface area contributed by atoms with Crippen LogP contribution in [0.5, 0.6) is 5.75 Å². The van der Waals surface area contributed by atoms with Gasteiger partial charge in [-0.3, -0.25) is 4.79 Å². The van der Waals surface area contributed by atoms with Gasteiger partial charge in [-0.15, -0.1) is 0 Å². The highest BCUT2D eigenvalue weighted by atomic mass is 35.5. The number of aliphatic hydroxyl groups is 1. The van der Waals surface area contributed by atoms with Crippen LogP contribution in [0.25, 0.3) is 0 Å². The predicted octanol–water partition coefficient (Wildman–Crippen LogP) is 2.23. The van der Waals surface area contributed by atoms with Gasteiger partial charge in [-0.05, 0) is 24.6 Å². The first-order valence-electron chi connectivity index (χ1n) is 6.54. The number of methoxy groups -OCH3 is 1. The SMILES string of the molecule is COCCCN(CCO)C(=O)COc1ccc(Cl)cc1Cl. The molecule has 1 rings (SSSR count). The second-order valence-corrected chi connectivity index (χ2v) is 5.16. The fourth-order valence-electron chi connectivity index (χ4n) is 1.70. The number of aliphatic hydroxyl groups excluding tert-OH is 1. The predicted molar refractivity (Wildman–Crippen MR) is 82.1 cm³/mol. The number of hydrogen-bond acceptors (Lipinski definition) is 4. The molecule has 0 heterocycles. The maximum absolute atomic E-state index is 12.1. The first kappa shape index (κ1) is 18.0. The van der Waals surface area contributed by atoms with Crippen LogP contribution in [0.2, 0.25) is 10.0 Å². The molecule has 0 aliphatic rings. The summed E-state index contributed by atoms with van der Waals surface area (Å²) in [5, 5.41) is 9.85. The van der Waals surface area contributed by atoms with Crippen molar-refractivity contribution < 1.29 is 19.4 Å². The van der Waals surface area contributed by atoms with Crippen LogP contribution in [0.1, 0.15) is 6.42 Å². The Morgan fingerprint density at radius 3 is 2.71 bits per heavy atom. The van der Waals surface area contributed by atoms with Crippen LogP contribution in [-0.4, -0.2) is 55.9 Å². The molecule has 0 bridgehead atoms. The Labute approximate surface area is 134 Å². The van der Waals surface area contributed by atoms with Crippen molar-refractivity contribution in [2.24, 2.45) is 0 Å². The van der Waals surface area contributed by atoms with Crippen molar-refractivity contribution >= 4 is 29.1 Å². The second kappa shape index (κ2) is 9.84. The number of rotatable bonds is 9. The highest BCUT2D eigenvalue weighted by molar-refractivity contribution is 6.35. The Hall–Kier alpha value is -1.01. The smallest absolute Gasteiger partial charge is 0.260 e. The molecule has 0 aliphatic heterocycles. The van der Waals surface area contributed by atoms with Gasteiger partial charge in [0.25, 0.3) is 5.91 Å². The van der Waals surface area contributed by atoms with Crippen molar-refractivity contribution in [3.8, 4) is 5.75 Å². The molecule has 7 heteroatoms. The number of halogens is 2. The summed E-state index contributed by atoms with van der Waals surface area (Å²) in [5.74, 6) is 0.182. The molecule has 0 spiro atoms. The molecule has 0 unspecified atom stereocenters. The lowest BCUT2D eigenvalue weighted by Gasteiger charge is -2.21. The van der Waals surface area contributed by atoms with Crippen molar-refractivity contribution in [3.05, 3.63) is 28.2 Å². The van der Waals surface area contributed by atoms with E-state index in [2.05, 4.69) is 0 Å². The Morgan fingerprint density at radius 2 is 2.10 bits per heavy atom. The van der Waals surface area contributed by atoms with E-state index in [9.17, 15) is 4.79 Å². The number of carbonyl (C=O) groups is 1. The van der Waals surface area contributed by atoms with E-state index >= 15 is 0 Å². The quantitative estimate of drug-likeness (QED) is 0.703. The summed E-state index contributed by atoms with van der Waals surface area (Å²) in [6.45, 7) is 1.08. The zero-order valence-corrected chi connectivity index (χ0v) is 13.4. The zero-order chi connectivity index (χ0) is 15.7. The molecule has 1 N–H and O–H groups in total. The number of ether oxygens (including phenoxy) is 2. The molecule has 5 nitrogen and oxygen atoms in total. The summed E-state index contributed by atoms with van der Waals surface area (Å²) in [7, 11) is 1.60. The molecule has 0 aromatic heterocycles. The van der Waals surface area contributed by atoms with Gasteiger partial charge < -0.3 is 19.5 Å². The van der Waals surface area contributed by atoms with Crippen molar-refractivity contribution in [1.29, 1.82) is 0 Å². The van der Waals surface area contributed by atoms with Crippen LogP contribution in [0.4, 0.5) is 0 Å². The highest BCUT2D eigenvalue weighted by Gasteiger charge is 2.14. The second-order valence-electron chi connectivity index (χ2n) is 4.31. The number of hydrogen-bond donors (Lipinski definition) is 1. The fraction of sp³-hybridized carbons (Fsp3) is 0.500. The van der Waals surface area contributed by atoms with Gasteiger partial charge in [0.2, 0.25) is 0 Å². The van der Waals surface area contributed by atoms with Crippen molar-refractivity contribution in [1.82, 2.24) is 4.90 Å². The van der Waals surface area contributed by atoms with Crippen LogP contribution >= 0.6 is 23.2 Å². The molecule has 118 valence electrons.